The third-order valence-electron chi connectivity index (χ3n) is 8.22. The summed E-state index contributed by atoms with van der Waals surface area (Å²) in [4.78, 5) is 17.5. The highest BCUT2D eigenvalue weighted by molar-refractivity contribution is 6.04. The molecule has 1 aliphatic carbocycles. The molecule has 0 radical (unpaired) electrons. The average Bonchev–Trinajstić information content (AvgIpc) is 3.47. The lowest BCUT2D eigenvalue weighted by atomic mass is 9.58. The monoisotopic (exact) mass is 441 g/mol. The fraction of sp³-hybridized carbons (Fsp3) is 0.429. The highest BCUT2D eigenvalue weighted by atomic mass is 16.6. The second-order valence-electron chi connectivity index (χ2n) is 10.2. The van der Waals surface area contributed by atoms with Crippen LogP contribution in [-0.2, 0) is 23.1 Å². The largest absolute Gasteiger partial charge is 0.370 e. The van der Waals surface area contributed by atoms with E-state index in [2.05, 4.69) is 57.5 Å². The second kappa shape index (κ2) is 7.84. The summed E-state index contributed by atoms with van der Waals surface area (Å²) in [5.41, 5.74) is 5.21. The zero-order valence-electron chi connectivity index (χ0n) is 19.2. The van der Waals surface area contributed by atoms with Gasteiger partial charge in [0.05, 0.1) is 29.2 Å². The van der Waals surface area contributed by atoms with Crippen molar-refractivity contribution < 1.29 is 9.53 Å². The van der Waals surface area contributed by atoms with Gasteiger partial charge in [0.15, 0.2) is 0 Å². The summed E-state index contributed by atoms with van der Waals surface area (Å²) in [6.07, 6.45) is 10.6. The maximum Gasteiger partial charge on any atom is 0.257 e. The Balaban J connectivity index is 1.38. The molecule has 1 saturated heterocycles. The van der Waals surface area contributed by atoms with Gasteiger partial charge in [-0.2, -0.15) is 0 Å². The molecule has 3 atom stereocenters. The smallest absolute Gasteiger partial charge is 0.257 e. The SMILES string of the molecule is Cc1ncccc1NC(=O)c1cc2n(c1)CCCC1CC3(CCC21Cc1ccccc1)CO3. The van der Waals surface area contributed by atoms with Crippen LogP contribution in [0.4, 0.5) is 5.69 Å². The second-order valence-corrected chi connectivity index (χ2v) is 10.2. The lowest BCUT2D eigenvalue weighted by Crippen LogP contribution is -2.45. The van der Waals surface area contributed by atoms with Crippen LogP contribution in [0.15, 0.2) is 60.9 Å². The number of benzene rings is 1. The molecule has 33 heavy (non-hydrogen) atoms. The minimum absolute atomic E-state index is 0.0395. The minimum Gasteiger partial charge on any atom is -0.370 e. The number of carbonyl (C=O) groups excluding carboxylic acids is 1. The number of carbonyl (C=O) groups is 1. The first-order chi connectivity index (χ1) is 16.1. The zero-order chi connectivity index (χ0) is 22.5. The van der Waals surface area contributed by atoms with Crippen molar-refractivity contribution in [2.75, 3.05) is 11.9 Å². The number of epoxide rings is 1. The topological polar surface area (TPSA) is 59.5 Å². The molecular formula is C28H31N3O2. The molecule has 3 aromatic rings. The summed E-state index contributed by atoms with van der Waals surface area (Å²) in [6, 6.07) is 16.8. The van der Waals surface area contributed by atoms with Crippen LogP contribution in [0, 0.1) is 12.8 Å². The van der Waals surface area contributed by atoms with E-state index in [-0.39, 0.29) is 16.9 Å². The van der Waals surface area contributed by atoms with E-state index in [4.69, 9.17) is 4.74 Å². The summed E-state index contributed by atoms with van der Waals surface area (Å²) < 4.78 is 8.33. The molecule has 2 aliphatic heterocycles. The first-order valence-corrected chi connectivity index (χ1v) is 12.2. The van der Waals surface area contributed by atoms with Crippen molar-refractivity contribution >= 4 is 11.6 Å². The predicted octanol–water partition coefficient (Wildman–Crippen LogP) is 5.29. The number of ether oxygens (including phenoxy) is 1. The summed E-state index contributed by atoms with van der Waals surface area (Å²) in [6.45, 7) is 3.81. The molecule has 1 spiro atoms. The third kappa shape index (κ3) is 3.68. The minimum atomic E-state index is -0.0594. The van der Waals surface area contributed by atoms with Gasteiger partial charge in [0.1, 0.15) is 0 Å². The Kier molecular flexibility index (Phi) is 4.91. The average molecular weight is 442 g/mol. The molecule has 1 N–H and O–H groups in total. The van der Waals surface area contributed by atoms with Crippen LogP contribution in [0.5, 0.6) is 0 Å². The van der Waals surface area contributed by atoms with Gasteiger partial charge in [-0.3, -0.25) is 9.78 Å². The number of hydrogen-bond donors (Lipinski definition) is 1. The lowest BCUT2D eigenvalue weighted by Gasteiger charge is -2.46. The van der Waals surface area contributed by atoms with Crippen LogP contribution >= 0.6 is 0 Å². The Hall–Kier alpha value is -2.92. The number of rotatable bonds is 4. The van der Waals surface area contributed by atoms with Gasteiger partial charge < -0.3 is 14.6 Å². The maximum atomic E-state index is 13.2. The van der Waals surface area contributed by atoms with Gasteiger partial charge in [-0.25, -0.2) is 0 Å². The highest BCUT2D eigenvalue weighted by Crippen LogP contribution is 2.56. The molecule has 3 unspecified atom stereocenters. The van der Waals surface area contributed by atoms with E-state index in [1.54, 1.807) is 6.20 Å². The van der Waals surface area contributed by atoms with Crippen molar-refractivity contribution in [3.63, 3.8) is 0 Å². The van der Waals surface area contributed by atoms with Crippen molar-refractivity contribution in [2.45, 2.75) is 63.0 Å². The molecule has 5 heteroatoms. The number of nitrogens with zero attached hydrogens (tertiary/aromatic N) is 2. The van der Waals surface area contributed by atoms with E-state index in [1.165, 1.54) is 17.7 Å². The Bertz CT molecular complexity index is 1180. The quantitative estimate of drug-likeness (QED) is 0.560. The maximum absolute atomic E-state index is 13.2. The van der Waals surface area contributed by atoms with Crippen molar-refractivity contribution in [1.82, 2.24) is 9.55 Å². The zero-order valence-corrected chi connectivity index (χ0v) is 19.2. The van der Waals surface area contributed by atoms with Crippen LogP contribution in [-0.4, -0.2) is 27.7 Å². The number of nitrogens with one attached hydrogen (secondary N) is 1. The van der Waals surface area contributed by atoms with Gasteiger partial charge >= 0.3 is 0 Å². The first-order valence-electron chi connectivity index (χ1n) is 12.2. The number of aryl methyl sites for hydroxylation is 2. The van der Waals surface area contributed by atoms with Crippen molar-refractivity contribution in [2.24, 2.45) is 5.92 Å². The van der Waals surface area contributed by atoms with Crippen molar-refractivity contribution in [3.05, 3.63) is 83.4 Å². The fourth-order valence-electron chi connectivity index (χ4n) is 6.33. The molecule has 2 aromatic heterocycles. The lowest BCUT2D eigenvalue weighted by molar-refractivity contribution is 0.0978. The van der Waals surface area contributed by atoms with Gasteiger partial charge in [-0.1, -0.05) is 30.3 Å². The van der Waals surface area contributed by atoms with Crippen molar-refractivity contribution in [1.29, 1.82) is 0 Å². The van der Waals surface area contributed by atoms with Crippen LogP contribution in [0.3, 0.4) is 0 Å². The number of hydrogen-bond acceptors (Lipinski definition) is 3. The summed E-state index contributed by atoms with van der Waals surface area (Å²) >= 11 is 0. The van der Waals surface area contributed by atoms with Gasteiger partial charge in [-0.15, -0.1) is 0 Å². The van der Waals surface area contributed by atoms with Crippen molar-refractivity contribution in [3.8, 4) is 0 Å². The van der Waals surface area contributed by atoms with E-state index in [9.17, 15) is 4.79 Å². The van der Waals surface area contributed by atoms with Gasteiger partial charge in [0, 0.05) is 30.0 Å². The molecule has 170 valence electrons. The molecule has 1 saturated carbocycles. The molecule has 1 amide bonds. The fourth-order valence-corrected chi connectivity index (χ4v) is 6.33. The summed E-state index contributed by atoms with van der Waals surface area (Å²) in [7, 11) is 0. The summed E-state index contributed by atoms with van der Waals surface area (Å²) in [5, 5.41) is 3.07. The van der Waals surface area contributed by atoms with Crippen LogP contribution in [0.25, 0.3) is 0 Å². The molecule has 1 aromatic carbocycles. The van der Waals surface area contributed by atoms with Gasteiger partial charge in [0.2, 0.25) is 0 Å². The van der Waals surface area contributed by atoms with E-state index in [0.717, 1.165) is 62.2 Å². The van der Waals surface area contributed by atoms with E-state index in [1.807, 2.05) is 19.1 Å². The Morgan fingerprint density at radius 2 is 2.06 bits per heavy atom. The summed E-state index contributed by atoms with van der Waals surface area (Å²) in [5.74, 6) is 0.512. The molecular weight excluding hydrogens is 410 g/mol. The third-order valence-corrected chi connectivity index (χ3v) is 8.22. The molecule has 3 aliphatic rings. The molecule has 0 bridgehead atoms. The number of amides is 1. The molecule has 6 rings (SSSR count). The Morgan fingerprint density at radius 3 is 2.85 bits per heavy atom. The standard InChI is InChI=1S/C28H31N3O2/c1-20-24(10-5-13-29-20)30-26(32)22-15-25-28(16-21-7-3-2-4-8-21)12-11-27(19-33-27)17-23(28)9-6-14-31(25)18-22/h2-5,7-8,10,13,15,18,23H,6,9,11-12,14,16-17,19H2,1H3,(H,30,32). The highest BCUT2D eigenvalue weighted by Gasteiger charge is 2.57. The number of fused-ring (bicyclic) bond motifs is 3. The molecule has 2 fully saturated rings. The van der Waals surface area contributed by atoms with Crippen LogP contribution in [0.1, 0.15) is 59.4 Å². The van der Waals surface area contributed by atoms with E-state index < -0.39 is 0 Å². The van der Waals surface area contributed by atoms with Gasteiger partial charge in [-0.05, 0) is 75.1 Å². The Morgan fingerprint density at radius 1 is 1.21 bits per heavy atom. The number of pyridine rings is 1. The first kappa shape index (κ1) is 20.7. The molecule has 5 nitrogen and oxygen atoms in total. The number of aromatic nitrogens is 2. The molecule has 4 heterocycles. The number of anilines is 1. The van der Waals surface area contributed by atoms with Gasteiger partial charge in [0.25, 0.3) is 5.91 Å². The normalized spacial score (nSPS) is 28.0. The van der Waals surface area contributed by atoms with E-state index in [0.29, 0.717) is 5.92 Å². The predicted molar refractivity (Wildman–Crippen MR) is 128 cm³/mol. The van der Waals surface area contributed by atoms with Crippen LogP contribution in [0.2, 0.25) is 0 Å². The van der Waals surface area contributed by atoms with E-state index >= 15 is 0 Å². The van der Waals surface area contributed by atoms with Crippen LogP contribution < -0.4 is 5.32 Å². The Labute approximate surface area is 195 Å².